The smallest absolute Gasteiger partial charge is 0.334 e. The number of aromatic hydroxyl groups is 1. The zero-order valence-corrected chi connectivity index (χ0v) is 15.5. The fraction of sp³-hybridized carbons (Fsp3) is 0.368. The molecule has 1 fully saturated rings. The largest absolute Gasteiger partial charge is 0.494 e. The molecule has 0 bridgehead atoms. The summed E-state index contributed by atoms with van der Waals surface area (Å²) in [5, 5.41) is 21.4. The summed E-state index contributed by atoms with van der Waals surface area (Å²) in [4.78, 5) is 49.2. The third-order valence-electron chi connectivity index (χ3n) is 4.72. The highest BCUT2D eigenvalue weighted by Gasteiger charge is 2.28. The summed E-state index contributed by atoms with van der Waals surface area (Å²) >= 11 is 0. The van der Waals surface area contributed by atoms with E-state index >= 15 is 0 Å². The molecular formula is C19H21N3O7. The van der Waals surface area contributed by atoms with Crippen LogP contribution in [0.1, 0.15) is 34.8 Å². The Labute approximate surface area is 165 Å². The van der Waals surface area contributed by atoms with Crippen LogP contribution in [0.25, 0.3) is 0 Å². The van der Waals surface area contributed by atoms with Gasteiger partial charge in [-0.1, -0.05) is 30.3 Å². The van der Waals surface area contributed by atoms with Gasteiger partial charge in [0.05, 0.1) is 6.54 Å². The zero-order chi connectivity index (χ0) is 21.0. The monoisotopic (exact) mass is 403 g/mol. The Hall–Kier alpha value is -3.40. The van der Waals surface area contributed by atoms with Crippen LogP contribution in [0.2, 0.25) is 0 Å². The molecule has 10 nitrogen and oxygen atoms in total. The quantitative estimate of drug-likeness (QED) is 0.613. The first-order chi connectivity index (χ1) is 13.9. The van der Waals surface area contributed by atoms with Crippen molar-refractivity contribution in [2.45, 2.75) is 25.4 Å². The van der Waals surface area contributed by atoms with Crippen molar-refractivity contribution in [3.05, 3.63) is 62.3 Å². The maximum Gasteiger partial charge on any atom is 0.334 e. The molecule has 1 aliphatic heterocycles. The third-order valence-corrected chi connectivity index (χ3v) is 4.72. The second kappa shape index (κ2) is 8.74. The number of ether oxygens (including phenoxy) is 1. The van der Waals surface area contributed by atoms with Crippen LogP contribution in [-0.2, 0) is 16.1 Å². The average molecular weight is 403 g/mol. The molecule has 0 unspecified atom stereocenters. The summed E-state index contributed by atoms with van der Waals surface area (Å²) in [6.07, 6.45) is 0.808. The lowest BCUT2D eigenvalue weighted by Gasteiger charge is -2.25. The van der Waals surface area contributed by atoms with Crippen molar-refractivity contribution in [3.63, 3.8) is 0 Å². The minimum Gasteiger partial charge on any atom is -0.494 e. The number of hydrogen-bond donors (Lipinski definition) is 3. The number of aromatic nitrogens is 2. The SMILES string of the molecule is O=C(O)CNC(=O)c1c(O)n(Cc2ccccc2)c(=O)n(C2CCOCC2)c1=O. The average Bonchev–Trinajstić information content (AvgIpc) is 2.71. The van der Waals surface area contributed by atoms with E-state index in [4.69, 9.17) is 9.84 Å². The second-order valence-electron chi connectivity index (χ2n) is 6.65. The Balaban J connectivity index is 2.14. The van der Waals surface area contributed by atoms with Crippen molar-refractivity contribution >= 4 is 11.9 Å². The minimum absolute atomic E-state index is 0.0613. The Bertz CT molecular complexity index is 1020. The number of carbonyl (C=O) groups excluding carboxylic acids is 1. The number of hydrogen-bond acceptors (Lipinski definition) is 6. The van der Waals surface area contributed by atoms with Crippen molar-refractivity contribution in [1.29, 1.82) is 0 Å². The van der Waals surface area contributed by atoms with Gasteiger partial charge in [-0.05, 0) is 18.4 Å². The van der Waals surface area contributed by atoms with Gasteiger partial charge in [0.25, 0.3) is 11.5 Å². The van der Waals surface area contributed by atoms with Gasteiger partial charge in [-0.25, -0.2) is 4.79 Å². The van der Waals surface area contributed by atoms with Gasteiger partial charge >= 0.3 is 11.7 Å². The highest BCUT2D eigenvalue weighted by Crippen LogP contribution is 2.20. The maximum absolute atomic E-state index is 13.1. The number of nitrogens with zero attached hydrogens (tertiary/aromatic N) is 2. The second-order valence-corrected chi connectivity index (χ2v) is 6.65. The van der Waals surface area contributed by atoms with Crippen LogP contribution in [0.5, 0.6) is 5.88 Å². The van der Waals surface area contributed by atoms with E-state index in [-0.39, 0.29) is 6.54 Å². The van der Waals surface area contributed by atoms with Crippen LogP contribution < -0.4 is 16.6 Å². The lowest BCUT2D eigenvalue weighted by Crippen LogP contribution is -2.47. The van der Waals surface area contributed by atoms with Gasteiger partial charge in [-0.15, -0.1) is 0 Å². The predicted octanol–water partition coefficient (Wildman–Crippen LogP) is -0.0702. The number of aliphatic carboxylic acids is 1. The van der Waals surface area contributed by atoms with Gasteiger partial charge < -0.3 is 20.3 Å². The first kappa shape index (κ1) is 20.3. The van der Waals surface area contributed by atoms with Crippen molar-refractivity contribution in [2.24, 2.45) is 0 Å². The van der Waals surface area contributed by atoms with E-state index in [1.54, 1.807) is 30.3 Å². The maximum atomic E-state index is 13.1. The summed E-state index contributed by atoms with van der Waals surface area (Å²) in [7, 11) is 0. The van der Waals surface area contributed by atoms with Crippen LogP contribution in [0.3, 0.4) is 0 Å². The Morgan fingerprint density at radius 3 is 2.41 bits per heavy atom. The van der Waals surface area contributed by atoms with E-state index in [1.807, 2.05) is 0 Å². The van der Waals surface area contributed by atoms with Crippen LogP contribution in [0.15, 0.2) is 39.9 Å². The van der Waals surface area contributed by atoms with Crippen molar-refractivity contribution < 1.29 is 24.5 Å². The number of carbonyl (C=O) groups is 2. The van der Waals surface area contributed by atoms with Crippen molar-refractivity contribution in [2.75, 3.05) is 19.8 Å². The molecule has 2 aromatic rings. The molecule has 1 aliphatic rings. The van der Waals surface area contributed by atoms with Crippen LogP contribution in [-0.4, -0.2) is 51.0 Å². The van der Waals surface area contributed by atoms with Gasteiger partial charge in [0.2, 0.25) is 5.88 Å². The summed E-state index contributed by atoms with van der Waals surface area (Å²) in [6.45, 7) is -0.0751. The Kier molecular flexibility index (Phi) is 6.13. The molecule has 1 aromatic heterocycles. The van der Waals surface area contributed by atoms with Gasteiger partial charge in [0.15, 0.2) is 5.56 Å². The van der Waals surface area contributed by atoms with Gasteiger partial charge in [-0.2, -0.15) is 0 Å². The van der Waals surface area contributed by atoms with Crippen LogP contribution in [0, 0.1) is 0 Å². The molecular weight excluding hydrogens is 382 g/mol. The molecule has 3 rings (SSSR count). The fourth-order valence-electron chi connectivity index (χ4n) is 3.28. The molecule has 0 spiro atoms. The normalized spacial score (nSPS) is 14.5. The number of rotatable bonds is 6. The standard InChI is InChI=1S/C19H21N3O7/c23-14(24)10-20-16(25)15-17(26)21(11-12-4-2-1-3-5-12)19(28)22(18(15)27)13-6-8-29-9-7-13/h1-5,13,26H,6-11H2,(H,20,25)(H,23,24). The number of benzene rings is 1. The molecule has 2 heterocycles. The highest BCUT2D eigenvalue weighted by molar-refractivity contribution is 5.97. The Morgan fingerprint density at radius 2 is 1.79 bits per heavy atom. The number of carboxylic acid groups (broad SMARTS) is 1. The van der Waals surface area contributed by atoms with E-state index in [0.29, 0.717) is 31.6 Å². The number of carboxylic acids is 1. The van der Waals surface area contributed by atoms with Gasteiger partial charge in [0.1, 0.15) is 6.54 Å². The molecule has 3 N–H and O–H groups in total. The zero-order valence-electron chi connectivity index (χ0n) is 15.5. The molecule has 1 saturated heterocycles. The van der Waals surface area contributed by atoms with Crippen molar-refractivity contribution in [3.8, 4) is 5.88 Å². The van der Waals surface area contributed by atoms with Crippen LogP contribution >= 0.6 is 0 Å². The lowest BCUT2D eigenvalue weighted by molar-refractivity contribution is -0.135. The highest BCUT2D eigenvalue weighted by atomic mass is 16.5. The molecule has 1 aromatic carbocycles. The molecule has 29 heavy (non-hydrogen) atoms. The molecule has 0 saturated carbocycles. The topological polar surface area (TPSA) is 140 Å². The summed E-state index contributed by atoms with van der Waals surface area (Å²) in [6, 6.07) is 8.29. The van der Waals surface area contributed by atoms with E-state index in [1.165, 1.54) is 0 Å². The molecule has 10 heteroatoms. The van der Waals surface area contributed by atoms with E-state index < -0.39 is 47.2 Å². The van der Waals surface area contributed by atoms with Gasteiger partial charge in [-0.3, -0.25) is 23.5 Å². The predicted molar refractivity (Wildman–Crippen MR) is 101 cm³/mol. The van der Waals surface area contributed by atoms with E-state index in [0.717, 1.165) is 9.13 Å². The molecule has 0 atom stereocenters. The molecule has 1 amide bonds. The number of amides is 1. The molecule has 154 valence electrons. The lowest BCUT2D eigenvalue weighted by atomic mass is 10.1. The minimum atomic E-state index is -1.31. The summed E-state index contributed by atoms with van der Waals surface area (Å²) < 4.78 is 7.18. The van der Waals surface area contributed by atoms with Gasteiger partial charge in [0, 0.05) is 19.3 Å². The van der Waals surface area contributed by atoms with Crippen molar-refractivity contribution in [1.82, 2.24) is 14.5 Å². The first-order valence-corrected chi connectivity index (χ1v) is 9.10. The fourth-order valence-corrected chi connectivity index (χ4v) is 3.28. The van der Waals surface area contributed by atoms with Crippen LogP contribution in [0.4, 0.5) is 0 Å². The summed E-state index contributed by atoms with van der Waals surface area (Å²) in [5.74, 6) is -3.16. The first-order valence-electron chi connectivity index (χ1n) is 9.10. The van der Waals surface area contributed by atoms with E-state index in [9.17, 15) is 24.3 Å². The van der Waals surface area contributed by atoms with E-state index in [2.05, 4.69) is 5.32 Å². The third kappa shape index (κ3) is 4.37. The molecule has 0 aliphatic carbocycles. The Morgan fingerprint density at radius 1 is 1.14 bits per heavy atom. The summed E-state index contributed by atoms with van der Waals surface area (Å²) in [5.41, 5.74) is -1.67. The number of nitrogens with one attached hydrogen (secondary N) is 1. The molecule has 0 radical (unpaired) electrons.